The molecule has 26 heavy (non-hydrogen) atoms. The van der Waals surface area contributed by atoms with E-state index in [-0.39, 0.29) is 27.9 Å². The van der Waals surface area contributed by atoms with Crippen LogP contribution in [0.2, 0.25) is 5.02 Å². The molecule has 0 fully saturated rings. The summed E-state index contributed by atoms with van der Waals surface area (Å²) in [5.74, 6) is -0.880. The van der Waals surface area contributed by atoms with Crippen molar-refractivity contribution in [1.82, 2.24) is 0 Å². The highest BCUT2D eigenvalue weighted by Gasteiger charge is 2.19. The summed E-state index contributed by atoms with van der Waals surface area (Å²) in [4.78, 5) is 22.4. The highest BCUT2D eigenvalue weighted by Crippen LogP contribution is 2.31. The van der Waals surface area contributed by atoms with E-state index in [0.717, 1.165) is 0 Å². The van der Waals surface area contributed by atoms with Crippen LogP contribution in [0.15, 0.2) is 36.4 Å². The number of alkyl halides is 2. The topological polar surface area (TPSA) is 90.7 Å². The predicted octanol–water partition coefficient (Wildman–Crippen LogP) is 4.18. The Labute approximate surface area is 151 Å². The molecule has 0 saturated carbocycles. The summed E-state index contributed by atoms with van der Waals surface area (Å²) in [6.45, 7) is -1.96. The van der Waals surface area contributed by atoms with Gasteiger partial charge in [-0.25, -0.2) is 0 Å². The Hall–Kier alpha value is -2.94. The number of anilines is 1. The quantitative estimate of drug-likeness (QED) is 0.569. The minimum absolute atomic E-state index is 0.0381. The second-order valence-corrected chi connectivity index (χ2v) is 5.45. The average molecular weight is 387 g/mol. The maximum Gasteiger partial charge on any atom is 0.387 e. The molecule has 0 heterocycles. The van der Waals surface area contributed by atoms with Crippen molar-refractivity contribution in [3.05, 3.63) is 57.1 Å². The van der Waals surface area contributed by atoms with Crippen LogP contribution in [0.1, 0.15) is 5.56 Å². The fourth-order valence-electron chi connectivity index (χ4n) is 2.09. The Balaban J connectivity index is 2.01. The van der Waals surface area contributed by atoms with Crippen LogP contribution >= 0.6 is 11.6 Å². The molecule has 7 nitrogen and oxygen atoms in total. The molecule has 10 heteroatoms. The molecule has 0 aliphatic rings. The lowest BCUT2D eigenvalue weighted by Gasteiger charge is -2.11. The molecule has 0 aliphatic carbocycles. The average Bonchev–Trinajstić information content (AvgIpc) is 2.54. The van der Waals surface area contributed by atoms with Gasteiger partial charge in [0.15, 0.2) is 12.4 Å². The van der Waals surface area contributed by atoms with Crippen molar-refractivity contribution in [2.75, 3.05) is 11.9 Å². The van der Waals surface area contributed by atoms with Gasteiger partial charge in [0.05, 0.1) is 9.95 Å². The number of carbonyl (C=O) groups excluding carboxylic acids is 1. The molecule has 0 bridgehead atoms. The summed E-state index contributed by atoms with van der Waals surface area (Å²) < 4.78 is 33.8. The molecule has 0 radical (unpaired) electrons. The highest BCUT2D eigenvalue weighted by molar-refractivity contribution is 6.32. The second-order valence-electron chi connectivity index (χ2n) is 5.04. The number of halogens is 3. The lowest BCUT2D eigenvalue weighted by Crippen LogP contribution is -2.20. The largest absolute Gasteiger partial charge is 0.477 e. The number of ether oxygens (including phenoxy) is 2. The first kappa shape index (κ1) is 19.4. The van der Waals surface area contributed by atoms with Gasteiger partial charge in [0.25, 0.3) is 5.91 Å². The van der Waals surface area contributed by atoms with Gasteiger partial charge in [-0.1, -0.05) is 23.7 Å². The maximum absolute atomic E-state index is 12.2. The minimum Gasteiger partial charge on any atom is -0.477 e. The molecule has 0 spiro atoms. The van der Waals surface area contributed by atoms with Crippen molar-refractivity contribution in [3.63, 3.8) is 0 Å². The van der Waals surface area contributed by atoms with Gasteiger partial charge >= 0.3 is 12.3 Å². The number of hydrogen-bond donors (Lipinski definition) is 1. The molecule has 0 aliphatic heterocycles. The molecule has 1 amide bonds. The number of nitro benzene ring substituents is 1. The monoisotopic (exact) mass is 386 g/mol. The fourth-order valence-corrected chi connectivity index (χ4v) is 2.32. The van der Waals surface area contributed by atoms with Crippen molar-refractivity contribution in [1.29, 1.82) is 0 Å². The summed E-state index contributed by atoms with van der Waals surface area (Å²) in [6, 6.07) is 8.22. The van der Waals surface area contributed by atoms with Crippen LogP contribution in [0.4, 0.5) is 20.2 Å². The molecule has 2 aromatic carbocycles. The zero-order chi connectivity index (χ0) is 19.3. The molecule has 2 aromatic rings. The molecule has 0 unspecified atom stereocenters. The van der Waals surface area contributed by atoms with Crippen LogP contribution < -0.4 is 14.8 Å². The molecule has 0 aromatic heterocycles. The minimum atomic E-state index is -3.02. The molecule has 0 saturated heterocycles. The zero-order valence-corrected chi connectivity index (χ0v) is 14.1. The van der Waals surface area contributed by atoms with Gasteiger partial charge in [-0.3, -0.25) is 14.9 Å². The molecule has 0 atom stereocenters. The lowest BCUT2D eigenvalue weighted by atomic mass is 10.2. The van der Waals surface area contributed by atoms with Crippen LogP contribution in [0.5, 0.6) is 11.5 Å². The summed E-state index contributed by atoms with van der Waals surface area (Å²) >= 11 is 5.79. The van der Waals surface area contributed by atoms with Crippen molar-refractivity contribution in [2.24, 2.45) is 0 Å². The Kier molecular flexibility index (Phi) is 6.29. The van der Waals surface area contributed by atoms with E-state index in [1.165, 1.54) is 24.3 Å². The van der Waals surface area contributed by atoms with Crippen LogP contribution in [0.25, 0.3) is 0 Å². The third kappa shape index (κ3) is 5.03. The van der Waals surface area contributed by atoms with E-state index in [9.17, 15) is 23.7 Å². The molecule has 2 rings (SSSR count). The van der Waals surface area contributed by atoms with Gasteiger partial charge in [0.2, 0.25) is 0 Å². The van der Waals surface area contributed by atoms with Crippen LogP contribution in [0.3, 0.4) is 0 Å². The summed E-state index contributed by atoms with van der Waals surface area (Å²) in [7, 11) is 0. The van der Waals surface area contributed by atoms with Crippen LogP contribution in [0, 0.1) is 17.0 Å². The van der Waals surface area contributed by atoms with E-state index in [0.29, 0.717) is 5.56 Å². The van der Waals surface area contributed by atoms with Crippen molar-refractivity contribution < 1.29 is 28.0 Å². The van der Waals surface area contributed by atoms with Gasteiger partial charge in [-0.15, -0.1) is 0 Å². The number of hydrogen-bond acceptors (Lipinski definition) is 5. The first-order valence-electron chi connectivity index (χ1n) is 7.19. The van der Waals surface area contributed by atoms with Crippen molar-refractivity contribution in [2.45, 2.75) is 13.5 Å². The Morgan fingerprint density at radius 3 is 2.65 bits per heavy atom. The number of nitrogens with zero attached hydrogens (tertiary/aromatic N) is 1. The van der Waals surface area contributed by atoms with Crippen LogP contribution in [-0.4, -0.2) is 24.0 Å². The number of aryl methyl sites for hydroxylation is 1. The summed E-state index contributed by atoms with van der Waals surface area (Å²) in [6.07, 6.45) is 0. The third-order valence-corrected chi connectivity index (χ3v) is 3.47. The van der Waals surface area contributed by atoms with E-state index in [4.69, 9.17) is 16.3 Å². The number of nitro groups is 1. The van der Waals surface area contributed by atoms with Gasteiger partial charge in [0, 0.05) is 11.3 Å². The number of amides is 1. The smallest absolute Gasteiger partial charge is 0.387 e. The number of nitrogens with one attached hydrogen (secondary N) is 1. The van der Waals surface area contributed by atoms with Gasteiger partial charge in [0.1, 0.15) is 5.75 Å². The Morgan fingerprint density at radius 2 is 2.04 bits per heavy atom. The molecular weight excluding hydrogens is 374 g/mol. The predicted molar refractivity (Wildman–Crippen MR) is 90.0 cm³/mol. The van der Waals surface area contributed by atoms with E-state index in [1.807, 2.05) is 0 Å². The number of para-hydroxylation sites is 1. The summed E-state index contributed by atoms with van der Waals surface area (Å²) in [5, 5.41) is 13.4. The molecular formula is C16H13ClF2N2O5. The van der Waals surface area contributed by atoms with Crippen LogP contribution in [-0.2, 0) is 4.79 Å². The lowest BCUT2D eigenvalue weighted by molar-refractivity contribution is -0.386. The van der Waals surface area contributed by atoms with E-state index >= 15 is 0 Å². The first-order valence-corrected chi connectivity index (χ1v) is 7.56. The normalized spacial score (nSPS) is 10.5. The maximum atomic E-state index is 12.2. The number of benzene rings is 2. The number of carbonyl (C=O) groups is 1. The standard InChI is InChI=1S/C16H13ClF2N2O5/c1-9-3-2-4-13(15(9)21(23)24)25-8-14(22)20-10-5-6-12(11(17)7-10)26-16(18)19/h2-7,16H,8H2,1H3,(H,20,22). The van der Waals surface area contributed by atoms with Crippen molar-refractivity contribution >= 4 is 28.9 Å². The highest BCUT2D eigenvalue weighted by atomic mass is 35.5. The van der Waals surface area contributed by atoms with Gasteiger partial charge in [-0.2, -0.15) is 8.78 Å². The summed E-state index contributed by atoms with van der Waals surface area (Å²) in [5.41, 5.74) is 0.398. The Morgan fingerprint density at radius 1 is 1.31 bits per heavy atom. The van der Waals surface area contributed by atoms with Crippen molar-refractivity contribution in [3.8, 4) is 11.5 Å². The van der Waals surface area contributed by atoms with E-state index < -0.39 is 24.0 Å². The second kappa shape index (κ2) is 8.43. The first-order chi connectivity index (χ1) is 12.3. The zero-order valence-electron chi connectivity index (χ0n) is 13.4. The third-order valence-electron chi connectivity index (χ3n) is 3.17. The fraction of sp³-hybridized carbons (Fsp3) is 0.188. The van der Waals surface area contributed by atoms with Gasteiger partial charge in [-0.05, 0) is 31.2 Å². The van der Waals surface area contributed by atoms with Gasteiger partial charge < -0.3 is 14.8 Å². The Bertz CT molecular complexity index is 832. The molecule has 1 N–H and O–H groups in total. The SMILES string of the molecule is Cc1cccc(OCC(=O)Nc2ccc(OC(F)F)c(Cl)c2)c1[N+](=O)[O-]. The number of rotatable bonds is 7. The van der Waals surface area contributed by atoms with E-state index in [2.05, 4.69) is 10.1 Å². The van der Waals surface area contributed by atoms with E-state index in [1.54, 1.807) is 19.1 Å². The molecule has 138 valence electrons.